The quantitative estimate of drug-likeness (QED) is 0.485. The van der Waals surface area contributed by atoms with E-state index in [9.17, 15) is 0 Å². The van der Waals surface area contributed by atoms with E-state index in [4.69, 9.17) is 16.3 Å². The van der Waals surface area contributed by atoms with Gasteiger partial charge in [-0.2, -0.15) is 0 Å². The third-order valence-electron chi connectivity index (χ3n) is 5.28. The number of para-hydroxylation sites is 1. The molecule has 0 spiro atoms. The molecule has 1 aliphatic rings. The smallest absolute Gasteiger partial charge is 0.119 e. The molecule has 4 rings (SSSR count). The zero-order valence-corrected chi connectivity index (χ0v) is 16.3. The molecule has 3 aromatic carbocycles. The van der Waals surface area contributed by atoms with Crippen LogP contribution >= 0.6 is 11.6 Å². The molecular formula is C24H24ClNO. The minimum Gasteiger partial charge on any atom is -0.492 e. The van der Waals surface area contributed by atoms with E-state index in [1.165, 1.54) is 22.3 Å². The van der Waals surface area contributed by atoms with Crippen molar-refractivity contribution in [3.05, 3.63) is 90.0 Å². The molecule has 0 amide bonds. The van der Waals surface area contributed by atoms with Crippen LogP contribution in [0.5, 0.6) is 5.75 Å². The zero-order chi connectivity index (χ0) is 18.6. The Morgan fingerprint density at radius 3 is 2.00 bits per heavy atom. The topological polar surface area (TPSA) is 12.5 Å². The SMILES string of the molecule is CC(COc1ccccc1)N(CCCl)C1c2ccccc2-c2ccccc21. The van der Waals surface area contributed by atoms with Crippen LogP contribution in [-0.2, 0) is 0 Å². The Labute approximate surface area is 166 Å². The predicted octanol–water partition coefficient (Wildman–Crippen LogP) is 5.76. The second-order valence-corrected chi connectivity index (χ2v) is 7.35. The van der Waals surface area contributed by atoms with Crippen LogP contribution in [0.25, 0.3) is 11.1 Å². The summed E-state index contributed by atoms with van der Waals surface area (Å²) in [5.41, 5.74) is 5.37. The summed E-state index contributed by atoms with van der Waals surface area (Å²) >= 11 is 6.21. The lowest BCUT2D eigenvalue weighted by atomic mass is 10.0. The van der Waals surface area contributed by atoms with Crippen molar-refractivity contribution < 1.29 is 4.74 Å². The maximum absolute atomic E-state index is 6.21. The number of hydrogen-bond acceptors (Lipinski definition) is 2. The molecular weight excluding hydrogens is 354 g/mol. The number of nitrogens with zero attached hydrogens (tertiary/aromatic N) is 1. The van der Waals surface area contributed by atoms with Gasteiger partial charge in [0.1, 0.15) is 12.4 Å². The Morgan fingerprint density at radius 2 is 1.41 bits per heavy atom. The number of benzene rings is 3. The molecule has 2 nitrogen and oxygen atoms in total. The number of alkyl halides is 1. The van der Waals surface area contributed by atoms with E-state index < -0.39 is 0 Å². The van der Waals surface area contributed by atoms with Gasteiger partial charge in [-0.05, 0) is 41.3 Å². The normalized spacial score (nSPS) is 14.0. The monoisotopic (exact) mass is 377 g/mol. The second kappa shape index (κ2) is 8.16. The predicted molar refractivity (Wildman–Crippen MR) is 113 cm³/mol. The lowest BCUT2D eigenvalue weighted by molar-refractivity contribution is 0.126. The molecule has 1 unspecified atom stereocenters. The van der Waals surface area contributed by atoms with Crippen molar-refractivity contribution in [1.82, 2.24) is 4.90 Å². The van der Waals surface area contributed by atoms with Crippen LogP contribution in [0.2, 0.25) is 0 Å². The van der Waals surface area contributed by atoms with Crippen molar-refractivity contribution >= 4 is 11.6 Å². The van der Waals surface area contributed by atoms with Crippen LogP contribution in [0.4, 0.5) is 0 Å². The highest BCUT2D eigenvalue weighted by Gasteiger charge is 2.34. The summed E-state index contributed by atoms with van der Waals surface area (Å²) in [5.74, 6) is 1.50. The van der Waals surface area contributed by atoms with Gasteiger partial charge >= 0.3 is 0 Å². The first-order valence-electron chi connectivity index (χ1n) is 9.47. The van der Waals surface area contributed by atoms with Crippen molar-refractivity contribution in [2.75, 3.05) is 19.0 Å². The molecule has 3 aromatic rings. The molecule has 0 fully saturated rings. The molecule has 1 atom stereocenters. The fraction of sp³-hybridized carbons (Fsp3) is 0.250. The van der Waals surface area contributed by atoms with Crippen LogP contribution in [0, 0.1) is 0 Å². The van der Waals surface area contributed by atoms with E-state index in [2.05, 4.69) is 60.4 Å². The average Bonchev–Trinajstić information content (AvgIpc) is 3.05. The van der Waals surface area contributed by atoms with Crippen LogP contribution in [0.15, 0.2) is 78.9 Å². The van der Waals surface area contributed by atoms with E-state index in [1.807, 2.05) is 30.3 Å². The number of ether oxygens (including phenoxy) is 1. The molecule has 0 aromatic heterocycles. The second-order valence-electron chi connectivity index (χ2n) is 6.98. The summed E-state index contributed by atoms with van der Waals surface area (Å²) in [6.07, 6.45) is 0. The Balaban J connectivity index is 1.63. The Hall–Kier alpha value is -2.29. The minimum absolute atomic E-state index is 0.213. The summed E-state index contributed by atoms with van der Waals surface area (Å²) in [7, 11) is 0. The molecule has 138 valence electrons. The molecule has 0 saturated carbocycles. The van der Waals surface area contributed by atoms with Crippen molar-refractivity contribution in [2.24, 2.45) is 0 Å². The van der Waals surface area contributed by atoms with Crippen molar-refractivity contribution in [3.8, 4) is 16.9 Å². The van der Waals surface area contributed by atoms with Gasteiger partial charge in [0, 0.05) is 18.5 Å². The first kappa shape index (κ1) is 18.1. The average molecular weight is 378 g/mol. The highest BCUT2D eigenvalue weighted by Crippen LogP contribution is 2.46. The fourth-order valence-electron chi connectivity index (χ4n) is 4.02. The van der Waals surface area contributed by atoms with Gasteiger partial charge in [0.05, 0.1) is 6.04 Å². The van der Waals surface area contributed by atoms with Gasteiger partial charge in [-0.3, -0.25) is 4.90 Å². The molecule has 3 heteroatoms. The lowest BCUT2D eigenvalue weighted by Crippen LogP contribution is -2.41. The van der Waals surface area contributed by atoms with E-state index in [0.29, 0.717) is 12.5 Å². The first-order chi connectivity index (χ1) is 13.3. The number of fused-ring (bicyclic) bond motifs is 3. The Kier molecular flexibility index (Phi) is 5.47. The van der Waals surface area contributed by atoms with Crippen LogP contribution in [0.1, 0.15) is 24.1 Å². The largest absolute Gasteiger partial charge is 0.492 e. The van der Waals surface area contributed by atoms with Gasteiger partial charge in [-0.1, -0.05) is 66.7 Å². The lowest BCUT2D eigenvalue weighted by Gasteiger charge is -2.35. The molecule has 1 aliphatic carbocycles. The number of hydrogen-bond donors (Lipinski definition) is 0. The standard InChI is InChI=1S/C24H24ClNO/c1-18(17-27-19-9-3-2-4-10-19)26(16-15-25)24-22-13-7-5-11-20(22)21-12-6-8-14-23(21)24/h2-14,18,24H,15-17H2,1H3. The zero-order valence-electron chi connectivity index (χ0n) is 15.5. The van der Waals surface area contributed by atoms with Gasteiger partial charge in [-0.25, -0.2) is 0 Å². The maximum atomic E-state index is 6.21. The van der Waals surface area contributed by atoms with Crippen molar-refractivity contribution in [1.29, 1.82) is 0 Å². The molecule has 0 bridgehead atoms. The molecule has 0 saturated heterocycles. The van der Waals surface area contributed by atoms with Gasteiger partial charge in [0.25, 0.3) is 0 Å². The number of rotatable bonds is 7. The van der Waals surface area contributed by atoms with E-state index in [1.54, 1.807) is 0 Å². The molecule has 0 N–H and O–H groups in total. The van der Waals surface area contributed by atoms with E-state index in [0.717, 1.165) is 12.3 Å². The molecule has 27 heavy (non-hydrogen) atoms. The molecule has 0 radical (unpaired) electrons. The third-order valence-corrected chi connectivity index (χ3v) is 5.44. The van der Waals surface area contributed by atoms with Gasteiger partial charge in [-0.15, -0.1) is 11.6 Å². The Morgan fingerprint density at radius 1 is 0.852 bits per heavy atom. The summed E-state index contributed by atoms with van der Waals surface area (Å²) < 4.78 is 6.05. The summed E-state index contributed by atoms with van der Waals surface area (Å²) in [4.78, 5) is 2.47. The highest BCUT2D eigenvalue weighted by atomic mass is 35.5. The van der Waals surface area contributed by atoms with Crippen LogP contribution in [-0.4, -0.2) is 30.0 Å². The van der Waals surface area contributed by atoms with E-state index >= 15 is 0 Å². The van der Waals surface area contributed by atoms with Gasteiger partial charge in [0.15, 0.2) is 0 Å². The molecule has 0 heterocycles. The summed E-state index contributed by atoms with van der Waals surface area (Å²) in [6.45, 7) is 3.66. The van der Waals surface area contributed by atoms with Crippen LogP contribution in [0.3, 0.4) is 0 Å². The van der Waals surface area contributed by atoms with Crippen molar-refractivity contribution in [2.45, 2.75) is 19.0 Å². The Bertz CT molecular complexity index is 850. The van der Waals surface area contributed by atoms with Crippen molar-refractivity contribution in [3.63, 3.8) is 0 Å². The summed E-state index contributed by atoms with van der Waals surface area (Å²) in [5, 5.41) is 0. The summed E-state index contributed by atoms with van der Waals surface area (Å²) in [6, 6.07) is 27.9. The minimum atomic E-state index is 0.213. The maximum Gasteiger partial charge on any atom is 0.119 e. The first-order valence-corrected chi connectivity index (χ1v) is 10.0. The number of halogens is 1. The van der Waals surface area contributed by atoms with Gasteiger partial charge < -0.3 is 4.74 Å². The third kappa shape index (κ3) is 3.60. The highest BCUT2D eigenvalue weighted by molar-refractivity contribution is 6.18. The van der Waals surface area contributed by atoms with Crippen LogP contribution < -0.4 is 4.74 Å². The molecule has 0 aliphatic heterocycles. The van der Waals surface area contributed by atoms with E-state index in [-0.39, 0.29) is 12.1 Å². The fourth-order valence-corrected chi connectivity index (χ4v) is 4.21. The van der Waals surface area contributed by atoms with Gasteiger partial charge in [0.2, 0.25) is 0 Å².